The molecule has 0 spiro atoms. The molecule has 0 aliphatic heterocycles. The molecule has 2 aromatic rings. The largest absolute Gasteiger partial charge is 0.461 e. The van der Waals surface area contributed by atoms with Crippen molar-refractivity contribution < 1.29 is 9.53 Å². The van der Waals surface area contributed by atoms with Gasteiger partial charge in [0.25, 0.3) is 0 Å². The molecule has 0 saturated carbocycles. The third kappa shape index (κ3) is 2.93. The molecule has 7 nitrogen and oxygen atoms in total. The van der Waals surface area contributed by atoms with Crippen LogP contribution in [0.4, 0.5) is 0 Å². The molecule has 0 fully saturated rings. The van der Waals surface area contributed by atoms with Gasteiger partial charge >= 0.3 is 5.97 Å². The van der Waals surface area contributed by atoms with Crippen molar-refractivity contribution in [2.45, 2.75) is 26.7 Å². The van der Waals surface area contributed by atoms with Gasteiger partial charge in [0.15, 0.2) is 11.5 Å². The van der Waals surface area contributed by atoms with Gasteiger partial charge in [-0.3, -0.25) is 0 Å². The Labute approximate surface area is 110 Å². The van der Waals surface area contributed by atoms with E-state index in [0.717, 1.165) is 5.82 Å². The second-order valence-electron chi connectivity index (χ2n) is 4.22. The zero-order valence-corrected chi connectivity index (χ0v) is 11.1. The number of carbonyl (C=O) groups is 1. The van der Waals surface area contributed by atoms with Gasteiger partial charge in [0, 0.05) is 12.0 Å². The van der Waals surface area contributed by atoms with Gasteiger partial charge < -0.3 is 4.74 Å². The molecule has 0 aromatic carbocycles. The summed E-state index contributed by atoms with van der Waals surface area (Å²) in [6.07, 6.45) is 3.10. The Morgan fingerprint density at radius 3 is 2.89 bits per heavy atom. The lowest BCUT2D eigenvalue weighted by molar-refractivity contribution is 0.0518. The molecule has 100 valence electrons. The lowest BCUT2D eigenvalue weighted by atomic mass is 10.2. The zero-order chi connectivity index (χ0) is 13.8. The summed E-state index contributed by atoms with van der Waals surface area (Å²) in [6.45, 7) is 6.05. The number of nitrogens with zero attached hydrogens (tertiary/aromatic N) is 5. The van der Waals surface area contributed by atoms with E-state index in [9.17, 15) is 4.79 Å². The number of aromatic nitrogens is 5. The van der Waals surface area contributed by atoms with Crippen molar-refractivity contribution in [3.05, 3.63) is 30.1 Å². The van der Waals surface area contributed by atoms with Crippen LogP contribution < -0.4 is 0 Å². The first-order valence-electron chi connectivity index (χ1n) is 6.03. The van der Waals surface area contributed by atoms with Crippen molar-refractivity contribution in [1.82, 2.24) is 25.0 Å². The van der Waals surface area contributed by atoms with Crippen LogP contribution in [0.5, 0.6) is 0 Å². The number of esters is 1. The van der Waals surface area contributed by atoms with Crippen LogP contribution in [0.2, 0.25) is 0 Å². The van der Waals surface area contributed by atoms with Gasteiger partial charge in [-0.25, -0.2) is 14.5 Å². The Balaban J connectivity index is 2.29. The van der Waals surface area contributed by atoms with Crippen molar-refractivity contribution in [2.24, 2.45) is 0 Å². The van der Waals surface area contributed by atoms with Gasteiger partial charge in [0.1, 0.15) is 6.33 Å². The molecule has 0 aliphatic carbocycles. The molecule has 0 atom stereocenters. The Morgan fingerprint density at radius 2 is 2.26 bits per heavy atom. The Morgan fingerprint density at radius 1 is 1.47 bits per heavy atom. The SMILES string of the molecule is CCOC(=O)c1cc(-n2cnc(C(C)C)n2)cnn1. The van der Waals surface area contributed by atoms with E-state index in [1.54, 1.807) is 24.0 Å². The molecule has 0 aliphatic rings. The monoisotopic (exact) mass is 261 g/mol. The van der Waals surface area contributed by atoms with Crippen LogP contribution >= 0.6 is 0 Å². The molecule has 2 rings (SSSR count). The summed E-state index contributed by atoms with van der Waals surface area (Å²) in [5.74, 6) is 0.469. The van der Waals surface area contributed by atoms with E-state index in [-0.39, 0.29) is 11.6 Å². The molecular formula is C12H15N5O2. The van der Waals surface area contributed by atoms with Crippen LogP contribution in [0.3, 0.4) is 0 Å². The standard InChI is InChI=1S/C12H15N5O2/c1-4-19-12(18)10-5-9(6-14-15-10)17-7-13-11(16-17)8(2)3/h5-8H,4H2,1-3H3. The predicted molar refractivity (Wildman–Crippen MR) is 67.0 cm³/mol. The number of rotatable bonds is 4. The molecule has 19 heavy (non-hydrogen) atoms. The highest BCUT2D eigenvalue weighted by Gasteiger charge is 2.12. The predicted octanol–water partition coefficient (Wildman–Crippen LogP) is 1.36. The average molecular weight is 261 g/mol. The summed E-state index contributed by atoms with van der Waals surface area (Å²) in [7, 11) is 0. The van der Waals surface area contributed by atoms with Gasteiger partial charge in [-0.1, -0.05) is 13.8 Å². The maximum Gasteiger partial charge on any atom is 0.358 e. The van der Waals surface area contributed by atoms with Gasteiger partial charge in [-0.05, 0) is 6.92 Å². The topological polar surface area (TPSA) is 82.8 Å². The highest BCUT2D eigenvalue weighted by Crippen LogP contribution is 2.11. The number of hydrogen-bond acceptors (Lipinski definition) is 6. The van der Waals surface area contributed by atoms with Crippen molar-refractivity contribution in [3.8, 4) is 5.69 Å². The minimum absolute atomic E-state index is 0.154. The molecule has 0 bridgehead atoms. The third-order valence-corrected chi connectivity index (χ3v) is 2.42. The fourth-order valence-electron chi connectivity index (χ4n) is 1.45. The fourth-order valence-corrected chi connectivity index (χ4v) is 1.45. The van der Waals surface area contributed by atoms with Crippen LogP contribution in [0.15, 0.2) is 18.6 Å². The number of hydrogen-bond donors (Lipinski definition) is 0. The van der Waals surface area contributed by atoms with Crippen LogP contribution in [-0.4, -0.2) is 37.5 Å². The summed E-state index contributed by atoms with van der Waals surface area (Å²) in [5, 5.41) is 11.8. The Kier molecular flexibility index (Phi) is 3.84. The summed E-state index contributed by atoms with van der Waals surface area (Å²) in [5.41, 5.74) is 0.776. The molecule has 0 N–H and O–H groups in total. The molecule has 0 radical (unpaired) electrons. The first-order chi connectivity index (χ1) is 9.11. The third-order valence-electron chi connectivity index (χ3n) is 2.42. The second-order valence-corrected chi connectivity index (χ2v) is 4.22. The molecule has 2 aromatic heterocycles. The Hall–Kier alpha value is -2.31. The van der Waals surface area contributed by atoms with E-state index in [1.165, 1.54) is 6.20 Å². The maximum atomic E-state index is 11.6. The van der Waals surface area contributed by atoms with E-state index in [2.05, 4.69) is 20.3 Å². The minimum Gasteiger partial charge on any atom is -0.461 e. The van der Waals surface area contributed by atoms with Crippen molar-refractivity contribution >= 4 is 5.97 Å². The zero-order valence-electron chi connectivity index (χ0n) is 11.1. The molecule has 2 heterocycles. The second kappa shape index (κ2) is 5.55. The number of ether oxygens (including phenoxy) is 1. The minimum atomic E-state index is -0.499. The molecular weight excluding hydrogens is 246 g/mol. The normalized spacial score (nSPS) is 10.7. The highest BCUT2D eigenvalue weighted by molar-refractivity contribution is 5.87. The van der Waals surface area contributed by atoms with E-state index >= 15 is 0 Å². The van der Waals surface area contributed by atoms with Crippen molar-refractivity contribution in [2.75, 3.05) is 6.61 Å². The first kappa shape index (κ1) is 13.1. The van der Waals surface area contributed by atoms with Gasteiger partial charge in [0.05, 0.1) is 18.5 Å². The molecule has 0 saturated heterocycles. The highest BCUT2D eigenvalue weighted by atomic mass is 16.5. The average Bonchev–Trinajstić information content (AvgIpc) is 2.89. The fraction of sp³-hybridized carbons (Fsp3) is 0.417. The van der Waals surface area contributed by atoms with Crippen LogP contribution in [0.1, 0.15) is 43.0 Å². The maximum absolute atomic E-state index is 11.6. The van der Waals surface area contributed by atoms with Crippen LogP contribution in [-0.2, 0) is 4.74 Å². The van der Waals surface area contributed by atoms with Crippen molar-refractivity contribution in [1.29, 1.82) is 0 Å². The molecule has 0 amide bonds. The lowest BCUT2D eigenvalue weighted by Gasteiger charge is -2.03. The van der Waals surface area contributed by atoms with E-state index in [1.807, 2.05) is 13.8 Å². The number of carbonyl (C=O) groups excluding carboxylic acids is 1. The van der Waals surface area contributed by atoms with Gasteiger partial charge in [-0.15, -0.1) is 5.10 Å². The lowest BCUT2D eigenvalue weighted by Crippen LogP contribution is -2.09. The summed E-state index contributed by atoms with van der Waals surface area (Å²) < 4.78 is 6.44. The molecule has 7 heteroatoms. The van der Waals surface area contributed by atoms with E-state index in [0.29, 0.717) is 12.3 Å². The van der Waals surface area contributed by atoms with Gasteiger partial charge in [0.2, 0.25) is 0 Å². The van der Waals surface area contributed by atoms with E-state index in [4.69, 9.17) is 4.74 Å². The smallest absolute Gasteiger partial charge is 0.358 e. The van der Waals surface area contributed by atoms with Crippen LogP contribution in [0, 0.1) is 0 Å². The summed E-state index contributed by atoms with van der Waals surface area (Å²) >= 11 is 0. The molecule has 0 unspecified atom stereocenters. The first-order valence-corrected chi connectivity index (χ1v) is 6.03. The van der Waals surface area contributed by atoms with E-state index < -0.39 is 5.97 Å². The van der Waals surface area contributed by atoms with Crippen LogP contribution in [0.25, 0.3) is 5.69 Å². The summed E-state index contributed by atoms with van der Waals surface area (Å²) in [4.78, 5) is 15.8. The summed E-state index contributed by atoms with van der Waals surface area (Å²) in [6, 6.07) is 1.57. The Bertz CT molecular complexity index is 579. The van der Waals surface area contributed by atoms with Crippen molar-refractivity contribution in [3.63, 3.8) is 0 Å². The van der Waals surface area contributed by atoms with Gasteiger partial charge in [-0.2, -0.15) is 10.2 Å². The quantitative estimate of drug-likeness (QED) is 0.773.